The number of hydrazone groups is 6. The number of methoxy groups -OCH3 is 2. The van der Waals surface area contributed by atoms with Gasteiger partial charge in [-0.2, -0.15) is 30.6 Å². The van der Waals surface area contributed by atoms with E-state index in [-0.39, 0.29) is 18.0 Å². The van der Waals surface area contributed by atoms with Crippen molar-refractivity contribution in [2.45, 2.75) is 200 Å². The van der Waals surface area contributed by atoms with Crippen molar-refractivity contribution in [3.05, 3.63) is 285 Å². The van der Waals surface area contributed by atoms with Crippen LogP contribution >= 0.6 is 68.0 Å². The number of anilines is 6. The van der Waals surface area contributed by atoms with Crippen LogP contribution in [0.15, 0.2) is 208 Å². The van der Waals surface area contributed by atoms with Crippen LogP contribution in [0.2, 0.25) is 0 Å². The maximum Gasteiger partial charge on any atom is 0.231 e. The van der Waals surface area contributed by atoms with Gasteiger partial charge in [-0.1, -0.05) is 95.3 Å². The van der Waals surface area contributed by atoms with Gasteiger partial charge < -0.3 is 24.1 Å². The van der Waals surface area contributed by atoms with Crippen molar-refractivity contribution in [2.75, 3.05) is 53.6 Å². The summed E-state index contributed by atoms with van der Waals surface area (Å²) in [6.45, 7) is 11.3. The Balaban J connectivity index is 0.000000107. The maximum atomic E-state index is 9.29. The van der Waals surface area contributed by atoms with E-state index < -0.39 is 0 Å². The van der Waals surface area contributed by atoms with Crippen LogP contribution < -0.4 is 51.5 Å². The third-order valence-electron chi connectivity index (χ3n) is 26.7. The molecule has 0 saturated heterocycles. The number of fused-ring (bicyclic) bond motifs is 19. The second-order valence-electron chi connectivity index (χ2n) is 37.8. The number of aromatic hydroxyl groups is 1. The summed E-state index contributed by atoms with van der Waals surface area (Å²) in [5.41, 5.74) is 35.8. The normalized spacial score (nSPS) is 14.5. The number of nitrogens with one attached hydrogen (secondary N) is 6. The minimum atomic E-state index is 0.165. The molecular formula is C112H114N24O5S6. The smallest absolute Gasteiger partial charge is 0.231 e. The largest absolute Gasteiger partial charge is 0.508 e. The van der Waals surface area contributed by atoms with E-state index in [2.05, 4.69) is 206 Å². The van der Waals surface area contributed by atoms with Gasteiger partial charge in [0.15, 0.2) is 46.4 Å². The van der Waals surface area contributed by atoms with Gasteiger partial charge in [-0.15, -0.1) is 68.0 Å². The first kappa shape index (κ1) is 99.7. The van der Waals surface area contributed by atoms with E-state index >= 15 is 0 Å². The molecular weight excluding hydrogens is 1950 g/mol. The predicted molar refractivity (Wildman–Crippen MR) is 604 cm³/mol. The summed E-state index contributed by atoms with van der Waals surface area (Å²) in [5, 5.41) is 42.3. The van der Waals surface area contributed by atoms with Gasteiger partial charge in [0.05, 0.1) is 83.8 Å². The van der Waals surface area contributed by atoms with E-state index in [4.69, 9.17) is 18.9 Å². The molecule has 7 aliphatic rings. The topological polar surface area (TPSA) is 358 Å². The summed E-state index contributed by atoms with van der Waals surface area (Å²) in [7, 11) is 3.32. The number of hydrogen-bond donors (Lipinski definition) is 7. The maximum absolute atomic E-state index is 9.29. The van der Waals surface area contributed by atoms with E-state index in [9.17, 15) is 5.11 Å². The molecule has 748 valence electrons. The second kappa shape index (κ2) is 47.3. The number of rotatable bonds is 21. The molecule has 0 spiro atoms. The number of thiophene rings is 6. The van der Waals surface area contributed by atoms with Gasteiger partial charge in [0.25, 0.3) is 0 Å². The van der Waals surface area contributed by atoms with Crippen LogP contribution in [0.1, 0.15) is 225 Å². The first-order chi connectivity index (χ1) is 72.1. The van der Waals surface area contributed by atoms with Crippen molar-refractivity contribution in [3.8, 4) is 28.7 Å². The summed E-state index contributed by atoms with van der Waals surface area (Å²) in [4.78, 5) is 68.1. The van der Waals surface area contributed by atoms with E-state index in [1.165, 1.54) is 164 Å². The Morgan fingerprint density at radius 3 is 0.884 bits per heavy atom. The Labute approximate surface area is 876 Å². The van der Waals surface area contributed by atoms with Crippen LogP contribution in [-0.2, 0) is 82.5 Å². The SMILES string of the molecule is C(=N/Nc1ncnc2sc3c(c12)CCCC3)/c1ccc2c(c1)OCO2.CC(C)(C)c1ccc(/C=N\Nc2ncnc3sc4c(c23)CCCC4)cc1.CC(C)c1ccc(/C=N\Nc2ncnc3sc4c(c23)CCCC4)cc1.COc1ccc(/C=N\Nc2ncnc3sc4c(c23)CCCC4)cc1.COc1cccc(/C=N\Nc2ncnc3sc4c(c23)CCCC4)c1.Oc1ccc(/C=N\Nc2ncnc3sc4c(c23)CCCC4)cc1. The number of aromatic nitrogens is 12. The Bertz CT molecular complexity index is 7880. The van der Waals surface area contributed by atoms with E-state index in [1.54, 1.807) is 157 Å². The first-order valence-electron chi connectivity index (χ1n) is 50.1. The lowest BCUT2D eigenvalue weighted by Gasteiger charge is -2.18. The Morgan fingerprint density at radius 2 is 0.578 bits per heavy atom. The Morgan fingerprint density at radius 1 is 0.306 bits per heavy atom. The third-order valence-corrected chi connectivity index (χ3v) is 33.9. The van der Waals surface area contributed by atoms with Gasteiger partial charge in [-0.05, 0) is 322 Å². The average Bonchev–Trinajstić information content (AvgIpc) is 1.65. The van der Waals surface area contributed by atoms with Crippen LogP contribution in [0, 0.1) is 0 Å². The van der Waals surface area contributed by atoms with Gasteiger partial charge in [0.1, 0.15) is 84.2 Å². The van der Waals surface area contributed by atoms with Crippen LogP contribution in [-0.4, -0.2) is 123 Å². The van der Waals surface area contributed by atoms with Gasteiger partial charge in [0, 0.05) is 29.3 Å². The van der Waals surface area contributed by atoms with Crippen molar-refractivity contribution in [2.24, 2.45) is 30.6 Å². The minimum Gasteiger partial charge on any atom is -0.508 e. The third kappa shape index (κ3) is 24.1. The van der Waals surface area contributed by atoms with E-state index in [1.807, 2.05) is 91.3 Å². The summed E-state index contributed by atoms with van der Waals surface area (Å²) in [6, 6.07) is 45.2. The Kier molecular flexibility index (Phi) is 32.1. The van der Waals surface area contributed by atoms with Gasteiger partial charge in [0.2, 0.25) is 6.79 Å². The van der Waals surface area contributed by atoms with E-state index in [0.717, 1.165) is 217 Å². The van der Waals surface area contributed by atoms with Crippen LogP contribution in [0.4, 0.5) is 34.9 Å². The monoisotopic (exact) mass is 2070 g/mol. The van der Waals surface area contributed by atoms with Crippen molar-refractivity contribution < 1.29 is 24.1 Å². The molecule has 0 radical (unpaired) electrons. The highest BCUT2D eigenvalue weighted by molar-refractivity contribution is 7.20. The lowest BCUT2D eigenvalue weighted by atomic mass is 9.87. The van der Waals surface area contributed by atoms with Gasteiger partial charge in [-0.3, -0.25) is 32.6 Å². The van der Waals surface area contributed by atoms with Gasteiger partial charge >= 0.3 is 0 Å². The molecule has 35 heteroatoms. The predicted octanol–water partition coefficient (Wildman–Crippen LogP) is 26.0. The fourth-order valence-corrected chi connectivity index (χ4v) is 26.4. The van der Waals surface area contributed by atoms with Crippen LogP contribution in [0.5, 0.6) is 28.7 Å². The summed E-state index contributed by atoms with van der Waals surface area (Å²) in [6.07, 6.45) is 49.0. The van der Waals surface area contributed by atoms with Crippen LogP contribution in [0.3, 0.4) is 0 Å². The standard InChI is InChI=1S/C21H24N4S.C20H22N4S.C18H16N4O2S.2C18H18N4OS.C17H16N4OS/c1-21(2,3)15-10-8-14(9-11-15)12-24-25-19-18-16-6-4-5-7-17(16)26-20(18)23-13-22-19;1-13(2)15-9-7-14(8-10-15)11-23-24-19-18-16-5-3-4-6-17(16)25-20(18)22-12-21-19;1-2-4-15-12(3-1)16-17(19-9-20-18(16)25-15)22-21-8-11-5-6-13-14(7-11)24-10-23-13;1-23-13-6-4-5-12(9-13)10-21-22-17-16-14-7-2-3-8-15(14)24-18(16)20-11-19-17;1-23-13-8-6-12(7-9-13)10-21-22-17-16-14-4-2-3-5-15(14)24-18(16)20-11-19-17;22-12-7-5-11(6-8-12)9-20-21-16-15-13-3-1-2-4-14(13)23-17(15)19-10-18-16/h8-13H,4-7H2,1-3H3,(H,22,23,25);7-13H,3-6H2,1-2H3,(H,21,22,24);5-9H,1-4,10H2,(H,19,20,22);4-6,9-11H,2-3,7-8H2,1H3,(H,19,20,22);6-11H,2-5H2,1H3,(H,19,20,22);5-10,22H,1-4H2,(H,18,19,21)/b24-12-;23-11-;21-8-;2*21-10-;20-9-. The zero-order chi connectivity index (χ0) is 100. The zero-order valence-electron chi connectivity index (χ0n) is 83.0. The molecule has 25 rings (SSSR count). The highest BCUT2D eigenvalue weighted by Crippen LogP contribution is 2.46. The van der Waals surface area contributed by atoms with E-state index in [0.29, 0.717) is 5.92 Å². The average molecular weight is 2070 g/mol. The molecule has 6 aromatic carbocycles. The number of benzene rings is 6. The zero-order valence-corrected chi connectivity index (χ0v) is 87.9. The van der Waals surface area contributed by atoms with Crippen molar-refractivity contribution in [3.63, 3.8) is 0 Å². The molecule has 0 amide bonds. The van der Waals surface area contributed by atoms with Crippen LogP contribution in [0.25, 0.3) is 61.3 Å². The number of hydrogen-bond acceptors (Lipinski definition) is 35. The summed E-state index contributed by atoms with van der Waals surface area (Å²) < 4.78 is 21.1. The number of aryl methyl sites for hydroxylation is 12. The Hall–Kier alpha value is -14.6. The molecule has 7 N–H and O–H groups in total. The fraction of sp³-hybridized carbons (Fsp3) is 0.304. The molecule has 0 unspecified atom stereocenters. The highest BCUT2D eigenvalue weighted by atomic mass is 32.1. The molecule has 13 heterocycles. The molecule has 0 atom stereocenters. The lowest BCUT2D eigenvalue weighted by molar-refractivity contribution is 0.174. The first-order valence-corrected chi connectivity index (χ1v) is 55.0. The van der Waals surface area contributed by atoms with Crippen molar-refractivity contribution >= 4 is 202 Å². The number of phenols is 1. The molecule has 29 nitrogen and oxygen atoms in total. The summed E-state index contributed by atoms with van der Waals surface area (Å²) >= 11 is 10.7. The molecule has 0 fully saturated rings. The molecule has 12 aromatic heterocycles. The molecule has 147 heavy (non-hydrogen) atoms. The van der Waals surface area contributed by atoms with Gasteiger partial charge in [-0.25, -0.2) is 59.8 Å². The lowest BCUT2D eigenvalue weighted by Crippen LogP contribution is -2.10. The van der Waals surface area contributed by atoms with Crippen molar-refractivity contribution in [1.82, 2.24) is 59.8 Å². The fourth-order valence-electron chi connectivity index (χ4n) is 19.1. The molecule has 6 aliphatic carbocycles. The summed E-state index contributed by atoms with van der Waals surface area (Å²) in [5.74, 6) is 8.73. The number of phenolic OH excluding ortho intramolecular Hbond substituents is 1. The second-order valence-corrected chi connectivity index (χ2v) is 44.3. The molecule has 18 aromatic rings. The number of ether oxygens (including phenoxy) is 4. The number of nitrogens with zero attached hydrogens (tertiary/aromatic N) is 18. The highest BCUT2D eigenvalue weighted by Gasteiger charge is 2.28. The molecule has 1 aliphatic heterocycles. The molecule has 0 saturated carbocycles. The van der Waals surface area contributed by atoms with Crippen molar-refractivity contribution in [1.29, 1.82) is 0 Å². The quantitative estimate of drug-likeness (QED) is 0.0259. The molecule has 0 bridgehead atoms. The minimum absolute atomic E-state index is 0.165.